The molecule has 0 fully saturated rings. The fourth-order valence-corrected chi connectivity index (χ4v) is 2.22. The first-order chi connectivity index (χ1) is 10.7. The molecule has 1 aromatic carbocycles. The van der Waals surface area contributed by atoms with Gasteiger partial charge in [-0.05, 0) is 31.2 Å². The van der Waals surface area contributed by atoms with E-state index >= 15 is 0 Å². The van der Waals surface area contributed by atoms with E-state index in [1.807, 2.05) is 0 Å². The van der Waals surface area contributed by atoms with Crippen LogP contribution in [0.1, 0.15) is 23.3 Å². The van der Waals surface area contributed by atoms with Crippen molar-refractivity contribution in [2.75, 3.05) is 6.61 Å². The number of nitrogens with zero attached hydrogens (tertiary/aromatic N) is 2. The lowest BCUT2D eigenvalue weighted by atomic mass is 10.2. The largest absolute Gasteiger partial charge is 0.467 e. The van der Waals surface area contributed by atoms with Crippen LogP contribution in [0.15, 0.2) is 51.9 Å². The topological polar surface area (TPSA) is 74.3 Å². The summed E-state index contributed by atoms with van der Waals surface area (Å²) in [6.45, 7) is 2.04. The van der Waals surface area contributed by atoms with E-state index in [0.29, 0.717) is 16.7 Å². The lowest BCUT2D eigenvalue weighted by Gasteiger charge is -2.11. The summed E-state index contributed by atoms with van der Waals surface area (Å²) in [6, 6.07) is 10.3. The SMILES string of the molecule is CCOC(=O)c1nc2ccccc2c(=O)n1Cc1ccco1. The Balaban J connectivity index is 2.21. The Morgan fingerprint density at radius 3 is 2.82 bits per heavy atom. The van der Waals surface area contributed by atoms with E-state index in [9.17, 15) is 9.59 Å². The van der Waals surface area contributed by atoms with Gasteiger partial charge in [-0.2, -0.15) is 0 Å². The minimum absolute atomic E-state index is 0.0260. The van der Waals surface area contributed by atoms with Gasteiger partial charge in [0.1, 0.15) is 5.76 Å². The smallest absolute Gasteiger partial charge is 0.374 e. The Morgan fingerprint density at radius 2 is 2.09 bits per heavy atom. The summed E-state index contributed by atoms with van der Waals surface area (Å²) in [6.07, 6.45) is 1.51. The van der Waals surface area contributed by atoms with Gasteiger partial charge in [0, 0.05) is 0 Å². The van der Waals surface area contributed by atoms with E-state index in [0.717, 1.165) is 0 Å². The molecule has 6 nitrogen and oxygen atoms in total. The summed E-state index contributed by atoms with van der Waals surface area (Å²) >= 11 is 0. The number of furan rings is 1. The molecule has 3 rings (SSSR count). The van der Waals surface area contributed by atoms with E-state index in [-0.39, 0.29) is 24.5 Å². The van der Waals surface area contributed by atoms with E-state index in [4.69, 9.17) is 9.15 Å². The second kappa shape index (κ2) is 5.85. The first kappa shape index (κ1) is 14.1. The predicted octanol–water partition coefficient (Wildman–Crippen LogP) is 2.21. The van der Waals surface area contributed by atoms with Gasteiger partial charge in [0.05, 0.1) is 30.3 Å². The van der Waals surface area contributed by atoms with Gasteiger partial charge in [-0.15, -0.1) is 0 Å². The molecule has 0 atom stereocenters. The van der Waals surface area contributed by atoms with Gasteiger partial charge in [-0.25, -0.2) is 9.78 Å². The Labute approximate surface area is 126 Å². The molecular weight excluding hydrogens is 284 g/mol. The van der Waals surface area contributed by atoms with Crippen molar-refractivity contribution >= 4 is 16.9 Å². The molecule has 0 aliphatic rings. The quantitative estimate of drug-likeness (QED) is 0.690. The Kier molecular flexibility index (Phi) is 3.74. The fraction of sp³-hybridized carbons (Fsp3) is 0.188. The van der Waals surface area contributed by atoms with Crippen molar-refractivity contribution in [2.45, 2.75) is 13.5 Å². The van der Waals surface area contributed by atoms with Crippen molar-refractivity contribution in [1.29, 1.82) is 0 Å². The Morgan fingerprint density at radius 1 is 1.27 bits per heavy atom. The second-order valence-electron chi connectivity index (χ2n) is 4.64. The minimum atomic E-state index is -0.628. The monoisotopic (exact) mass is 298 g/mol. The second-order valence-corrected chi connectivity index (χ2v) is 4.64. The molecule has 0 N–H and O–H groups in total. The lowest BCUT2D eigenvalue weighted by molar-refractivity contribution is 0.0504. The zero-order valence-electron chi connectivity index (χ0n) is 12.0. The maximum Gasteiger partial charge on any atom is 0.374 e. The summed E-state index contributed by atoms with van der Waals surface area (Å²) < 4.78 is 11.5. The highest BCUT2D eigenvalue weighted by atomic mass is 16.5. The first-order valence-corrected chi connectivity index (χ1v) is 6.89. The maximum atomic E-state index is 12.7. The summed E-state index contributed by atoms with van der Waals surface area (Å²) in [5.74, 6) is -0.0939. The van der Waals surface area contributed by atoms with Crippen molar-refractivity contribution in [3.63, 3.8) is 0 Å². The highest BCUT2D eigenvalue weighted by molar-refractivity contribution is 5.89. The zero-order valence-corrected chi connectivity index (χ0v) is 12.0. The van der Waals surface area contributed by atoms with Gasteiger partial charge in [-0.3, -0.25) is 9.36 Å². The van der Waals surface area contributed by atoms with Crippen LogP contribution >= 0.6 is 0 Å². The van der Waals surface area contributed by atoms with E-state index in [1.165, 1.54) is 10.8 Å². The molecule has 3 aromatic rings. The predicted molar refractivity (Wildman–Crippen MR) is 79.8 cm³/mol. The number of fused-ring (bicyclic) bond motifs is 1. The third-order valence-electron chi connectivity index (χ3n) is 3.21. The van der Waals surface area contributed by atoms with Crippen LogP contribution < -0.4 is 5.56 Å². The molecule has 0 bridgehead atoms. The van der Waals surface area contributed by atoms with Crippen LogP contribution in [0.2, 0.25) is 0 Å². The van der Waals surface area contributed by atoms with Crippen molar-refractivity contribution in [1.82, 2.24) is 9.55 Å². The summed E-state index contributed by atoms with van der Waals surface area (Å²) in [4.78, 5) is 29.1. The molecular formula is C16H14N2O4. The number of rotatable bonds is 4. The molecule has 22 heavy (non-hydrogen) atoms. The van der Waals surface area contributed by atoms with Gasteiger partial charge in [0.2, 0.25) is 5.82 Å². The van der Waals surface area contributed by atoms with Crippen LogP contribution in [-0.4, -0.2) is 22.1 Å². The molecule has 6 heteroatoms. The standard InChI is InChI=1S/C16H14N2O4/c1-2-21-16(20)14-17-13-8-4-3-7-12(13)15(19)18(14)10-11-6-5-9-22-11/h3-9H,2,10H2,1H3. The number of benzene rings is 1. The molecule has 0 radical (unpaired) electrons. The van der Waals surface area contributed by atoms with Crippen LogP contribution in [0.4, 0.5) is 0 Å². The summed E-state index contributed by atoms with van der Waals surface area (Å²) in [7, 11) is 0. The zero-order chi connectivity index (χ0) is 15.5. The number of para-hydroxylation sites is 1. The third kappa shape index (κ3) is 2.50. The fourth-order valence-electron chi connectivity index (χ4n) is 2.22. The van der Waals surface area contributed by atoms with Crippen molar-refractivity contribution < 1.29 is 13.9 Å². The normalized spacial score (nSPS) is 10.8. The van der Waals surface area contributed by atoms with E-state index < -0.39 is 5.97 Å². The maximum absolute atomic E-state index is 12.7. The third-order valence-corrected chi connectivity index (χ3v) is 3.21. The van der Waals surface area contributed by atoms with Crippen LogP contribution in [0.3, 0.4) is 0 Å². The molecule has 2 aromatic heterocycles. The molecule has 0 aliphatic heterocycles. The van der Waals surface area contributed by atoms with Crippen LogP contribution in [0.25, 0.3) is 10.9 Å². The number of aromatic nitrogens is 2. The van der Waals surface area contributed by atoms with Crippen molar-refractivity contribution in [3.05, 3.63) is 64.6 Å². The molecule has 0 unspecified atom stereocenters. The van der Waals surface area contributed by atoms with Gasteiger partial charge in [-0.1, -0.05) is 12.1 Å². The average molecular weight is 298 g/mol. The molecule has 0 saturated heterocycles. The van der Waals surface area contributed by atoms with Gasteiger partial charge >= 0.3 is 5.97 Å². The number of carbonyl (C=O) groups excluding carboxylic acids is 1. The van der Waals surface area contributed by atoms with Crippen LogP contribution in [-0.2, 0) is 11.3 Å². The minimum Gasteiger partial charge on any atom is -0.467 e. The number of esters is 1. The number of carbonyl (C=O) groups is 1. The van der Waals surface area contributed by atoms with Crippen molar-refractivity contribution in [2.24, 2.45) is 0 Å². The highest BCUT2D eigenvalue weighted by Crippen LogP contribution is 2.11. The summed E-state index contributed by atoms with van der Waals surface area (Å²) in [5.41, 5.74) is 0.163. The number of hydrogen-bond acceptors (Lipinski definition) is 5. The molecule has 0 saturated carbocycles. The number of hydrogen-bond donors (Lipinski definition) is 0. The molecule has 112 valence electrons. The Hall–Kier alpha value is -2.89. The molecule has 0 spiro atoms. The van der Waals surface area contributed by atoms with Crippen LogP contribution in [0.5, 0.6) is 0 Å². The Bertz CT molecular complexity index is 865. The number of ether oxygens (including phenoxy) is 1. The van der Waals surface area contributed by atoms with E-state index in [2.05, 4.69) is 4.98 Å². The van der Waals surface area contributed by atoms with Crippen molar-refractivity contribution in [3.8, 4) is 0 Å². The average Bonchev–Trinajstić information content (AvgIpc) is 3.03. The van der Waals surface area contributed by atoms with Gasteiger partial charge in [0.25, 0.3) is 5.56 Å². The molecule has 0 aliphatic carbocycles. The molecule has 2 heterocycles. The highest BCUT2D eigenvalue weighted by Gasteiger charge is 2.19. The van der Waals surface area contributed by atoms with Crippen LogP contribution in [0, 0.1) is 0 Å². The van der Waals surface area contributed by atoms with Gasteiger partial charge < -0.3 is 9.15 Å². The summed E-state index contributed by atoms with van der Waals surface area (Å²) in [5, 5.41) is 0.446. The lowest BCUT2D eigenvalue weighted by Crippen LogP contribution is -2.29. The van der Waals surface area contributed by atoms with Gasteiger partial charge in [0.15, 0.2) is 0 Å². The van der Waals surface area contributed by atoms with E-state index in [1.54, 1.807) is 43.3 Å². The molecule has 0 amide bonds. The first-order valence-electron chi connectivity index (χ1n) is 6.89.